The Balaban J connectivity index is 2.27. The molecule has 1 aliphatic heterocycles. The molecule has 0 spiro atoms. The third-order valence-electron chi connectivity index (χ3n) is 1.34. The fourth-order valence-electron chi connectivity index (χ4n) is 0.695. The van der Waals surface area contributed by atoms with Crippen LogP contribution in [0.25, 0.3) is 0 Å². The summed E-state index contributed by atoms with van der Waals surface area (Å²) in [6.07, 6.45) is 1.27. The molecule has 0 radical (unpaired) electrons. The maximum Gasteiger partial charge on any atom is 0.113 e. The Kier molecular flexibility index (Phi) is 1.36. The lowest BCUT2D eigenvalue weighted by molar-refractivity contribution is 0.178. The van der Waals surface area contributed by atoms with Crippen molar-refractivity contribution >= 4 is 0 Å². The second-order valence-corrected chi connectivity index (χ2v) is 2.03. The van der Waals surface area contributed by atoms with Gasteiger partial charge in [0.05, 0.1) is 6.10 Å². The van der Waals surface area contributed by atoms with Crippen molar-refractivity contribution in [3.05, 3.63) is 12.7 Å². The lowest BCUT2D eigenvalue weighted by Crippen LogP contribution is -2.11. The van der Waals surface area contributed by atoms with Gasteiger partial charge in [-0.2, -0.15) is 0 Å². The van der Waals surface area contributed by atoms with Crippen molar-refractivity contribution in [1.29, 1.82) is 0 Å². The second kappa shape index (κ2) is 1.88. The van der Waals surface area contributed by atoms with Crippen LogP contribution in [0.2, 0.25) is 0 Å². The van der Waals surface area contributed by atoms with E-state index in [4.69, 9.17) is 9.84 Å². The highest BCUT2D eigenvalue weighted by molar-refractivity contribution is 4.95. The highest BCUT2D eigenvalue weighted by atomic mass is 16.6. The number of aliphatic hydroxyl groups is 1. The standard InChI is InChI=1S/C6H10O2/c1-3-5(7)6-4(2)8-6/h3-7H,1H2,2H3/t4-,5+,6+/m1/s1. The molecule has 1 heterocycles. The molecule has 0 aromatic carbocycles. The Morgan fingerprint density at radius 2 is 2.38 bits per heavy atom. The summed E-state index contributed by atoms with van der Waals surface area (Å²) in [6.45, 7) is 5.35. The average Bonchev–Trinajstić information content (AvgIpc) is 2.45. The predicted octanol–water partition coefficient (Wildman–Crippen LogP) is 0.321. The van der Waals surface area contributed by atoms with Crippen LogP contribution >= 0.6 is 0 Å². The summed E-state index contributed by atoms with van der Waals surface area (Å²) in [5.41, 5.74) is 0. The highest BCUT2D eigenvalue weighted by Crippen LogP contribution is 2.24. The molecule has 8 heavy (non-hydrogen) atoms. The molecule has 1 N–H and O–H groups in total. The molecule has 46 valence electrons. The van der Waals surface area contributed by atoms with Crippen molar-refractivity contribution < 1.29 is 9.84 Å². The van der Waals surface area contributed by atoms with Gasteiger partial charge in [-0.05, 0) is 6.92 Å². The fraction of sp³-hybridized carbons (Fsp3) is 0.667. The maximum absolute atomic E-state index is 8.93. The van der Waals surface area contributed by atoms with Crippen molar-refractivity contribution in [2.75, 3.05) is 0 Å². The van der Waals surface area contributed by atoms with Gasteiger partial charge in [-0.3, -0.25) is 0 Å². The molecular formula is C6H10O2. The highest BCUT2D eigenvalue weighted by Gasteiger charge is 2.38. The average molecular weight is 114 g/mol. The first kappa shape index (κ1) is 5.79. The summed E-state index contributed by atoms with van der Waals surface area (Å²) in [7, 11) is 0. The number of hydrogen-bond donors (Lipinski definition) is 1. The minimum Gasteiger partial charge on any atom is -0.386 e. The van der Waals surface area contributed by atoms with E-state index in [9.17, 15) is 0 Å². The van der Waals surface area contributed by atoms with Crippen molar-refractivity contribution in [1.82, 2.24) is 0 Å². The van der Waals surface area contributed by atoms with Crippen molar-refractivity contribution in [3.63, 3.8) is 0 Å². The Morgan fingerprint density at radius 1 is 1.88 bits per heavy atom. The summed E-state index contributed by atoms with van der Waals surface area (Å²) in [6, 6.07) is 0. The van der Waals surface area contributed by atoms with E-state index >= 15 is 0 Å². The Bertz CT molecular complexity index is 101. The minimum atomic E-state index is -0.468. The topological polar surface area (TPSA) is 32.8 Å². The van der Waals surface area contributed by atoms with Gasteiger partial charge in [0.2, 0.25) is 0 Å². The van der Waals surface area contributed by atoms with E-state index in [-0.39, 0.29) is 12.2 Å². The van der Waals surface area contributed by atoms with Crippen LogP contribution < -0.4 is 0 Å². The molecule has 0 bridgehead atoms. The van der Waals surface area contributed by atoms with E-state index in [1.165, 1.54) is 6.08 Å². The summed E-state index contributed by atoms with van der Waals surface area (Å²) < 4.78 is 4.95. The molecule has 3 atom stereocenters. The molecule has 0 saturated carbocycles. The van der Waals surface area contributed by atoms with Gasteiger partial charge in [0.25, 0.3) is 0 Å². The molecule has 1 rings (SSSR count). The number of aliphatic hydroxyl groups excluding tert-OH is 1. The zero-order chi connectivity index (χ0) is 6.15. The molecule has 2 nitrogen and oxygen atoms in total. The molecule has 1 aliphatic rings. The van der Waals surface area contributed by atoms with Crippen LogP contribution in [0.4, 0.5) is 0 Å². The van der Waals surface area contributed by atoms with E-state index < -0.39 is 6.10 Å². The molecule has 0 amide bonds. The van der Waals surface area contributed by atoms with Gasteiger partial charge >= 0.3 is 0 Å². The summed E-state index contributed by atoms with van der Waals surface area (Å²) in [4.78, 5) is 0. The van der Waals surface area contributed by atoms with Gasteiger partial charge < -0.3 is 9.84 Å². The largest absolute Gasteiger partial charge is 0.386 e. The fourth-order valence-corrected chi connectivity index (χ4v) is 0.695. The van der Waals surface area contributed by atoms with Crippen LogP contribution in [0.3, 0.4) is 0 Å². The van der Waals surface area contributed by atoms with Crippen molar-refractivity contribution in [2.45, 2.75) is 25.2 Å². The van der Waals surface area contributed by atoms with Crippen LogP contribution in [0.15, 0.2) is 12.7 Å². The Hall–Kier alpha value is -0.340. The van der Waals surface area contributed by atoms with E-state index in [0.717, 1.165) is 0 Å². The molecule has 0 aliphatic carbocycles. The van der Waals surface area contributed by atoms with E-state index in [2.05, 4.69) is 6.58 Å². The lowest BCUT2D eigenvalue weighted by atomic mass is 10.2. The molecule has 2 heteroatoms. The van der Waals surface area contributed by atoms with Gasteiger partial charge in [-0.15, -0.1) is 6.58 Å². The van der Waals surface area contributed by atoms with Gasteiger partial charge in [-0.25, -0.2) is 0 Å². The first-order valence-corrected chi connectivity index (χ1v) is 2.72. The van der Waals surface area contributed by atoms with Crippen molar-refractivity contribution in [3.8, 4) is 0 Å². The zero-order valence-corrected chi connectivity index (χ0v) is 4.87. The van der Waals surface area contributed by atoms with E-state index in [1.807, 2.05) is 6.92 Å². The number of hydrogen-bond acceptors (Lipinski definition) is 2. The molecule has 0 aromatic rings. The third-order valence-corrected chi connectivity index (χ3v) is 1.34. The molecular weight excluding hydrogens is 104 g/mol. The van der Waals surface area contributed by atoms with Gasteiger partial charge in [0.15, 0.2) is 0 Å². The van der Waals surface area contributed by atoms with E-state index in [1.54, 1.807) is 0 Å². The van der Waals surface area contributed by atoms with Crippen LogP contribution in [0.1, 0.15) is 6.92 Å². The predicted molar refractivity (Wildman–Crippen MR) is 30.5 cm³/mol. The van der Waals surface area contributed by atoms with Gasteiger partial charge in [0, 0.05) is 0 Å². The smallest absolute Gasteiger partial charge is 0.113 e. The van der Waals surface area contributed by atoms with Gasteiger partial charge in [0.1, 0.15) is 12.2 Å². The maximum atomic E-state index is 8.93. The monoisotopic (exact) mass is 114 g/mol. The molecule has 0 unspecified atom stereocenters. The van der Waals surface area contributed by atoms with Gasteiger partial charge in [-0.1, -0.05) is 6.08 Å². The molecule has 0 aromatic heterocycles. The summed E-state index contributed by atoms with van der Waals surface area (Å²) >= 11 is 0. The number of ether oxygens (including phenoxy) is 1. The van der Waals surface area contributed by atoms with Crippen molar-refractivity contribution in [2.24, 2.45) is 0 Å². The minimum absolute atomic E-state index is 0.0208. The summed E-state index contributed by atoms with van der Waals surface area (Å²) in [5, 5.41) is 8.93. The Morgan fingerprint density at radius 3 is 2.50 bits per heavy atom. The molecule has 1 saturated heterocycles. The SMILES string of the molecule is C=C[C@H](O)[C@H]1O[C@@H]1C. The Labute approximate surface area is 48.8 Å². The quantitative estimate of drug-likeness (QED) is 0.414. The normalized spacial score (nSPS) is 38.8. The van der Waals surface area contributed by atoms with E-state index in [0.29, 0.717) is 0 Å². The lowest BCUT2D eigenvalue weighted by Gasteiger charge is -1.95. The zero-order valence-electron chi connectivity index (χ0n) is 4.87. The second-order valence-electron chi connectivity index (χ2n) is 2.03. The first-order valence-electron chi connectivity index (χ1n) is 2.72. The van der Waals surface area contributed by atoms with Crippen LogP contribution in [0, 0.1) is 0 Å². The van der Waals surface area contributed by atoms with Crippen LogP contribution in [-0.4, -0.2) is 23.4 Å². The number of rotatable bonds is 2. The number of epoxide rings is 1. The first-order chi connectivity index (χ1) is 3.75. The summed E-state index contributed by atoms with van der Waals surface area (Å²) in [5.74, 6) is 0. The molecule has 1 fully saturated rings. The van der Waals surface area contributed by atoms with Crippen LogP contribution in [-0.2, 0) is 4.74 Å². The van der Waals surface area contributed by atoms with Crippen LogP contribution in [0.5, 0.6) is 0 Å². The third kappa shape index (κ3) is 0.904.